The zero-order valence-corrected chi connectivity index (χ0v) is 11.0. The lowest BCUT2D eigenvalue weighted by Gasteiger charge is -2.13. The summed E-state index contributed by atoms with van der Waals surface area (Å²) in [4.78, 5) is 0. The highest BCUT2D eigenvalue weighted by molar-refractivity contribution is 4.47. The maximum absolute atomic E-state index is 5.55. The predicted molar refractivity (Wildman–Crippen MR) is 69.5 cm³/mol. The normalized spacial score (nSPS) is 10.0. The molecule has 0 atom stereocenters. The van der Waals surface area contributed by atoms with Gasteiger partial charge in [0.05, 0.1) is 0 Å². The Morgan fingerprint density at radius 3 is 1.67 bits per heavy atom. The molecule has 0 aromatic heterocycles. The van der Waals surface area contributed by atoms with Crippen molar-refractivity contribution in [3.05, 3.63) is 0 Å². The second-order valence-electron chi connectivity index (χ2n) is 3.89. The summed E-state index contributed by atoms with van der Waals surface area (Å²) < 4.78 is 0. The molecule has 0 rings (SSSR count). The van der Waals surface area contributed by atoms with E-state index in [1.807, 2.05) is 5.01 Å². The van der Waals surface area contributed by atoms with Crippen LogP contribution in [0.4, 0.5) is 0 Å². The molecule has 94 valence electrons. The molecule has 0 radical (unpaired) electrons. The summed E-state index contributed by atoms with van der Waals surface area (Å²) in [5.74, 6) is 5.55. The van der Waals surface area contributed by atoms with E-state index in [0.717, 1.165) is 32.5 Å². The van der Waals surface area contributed by atoms with Crippen LogP contribution in [0.15, 0.2) is 0 Å². The molecule has 0 bridgehead atoms. The van der Waals surface area contributed by atoms with Gasteiger partial charge in [-0.3, -0.25) is 5.84 Å². The minimum absolute atomic E-state index is 0.734. The fraction of sp³-hybridized carbons (Fsp3) is 1.00. The van der Waals surface area contributed by atoms with Gasteiger partial charge in [-0.2, -0.15) is 0 Å². The van der Waals surface area contributed by atoms with E-state index in [-0.39, 0.29) is 0 Å². The average Bonchev–Trinajstić information content (AvgIpc) is 2.25. The summed E-state index contributed by atoms with van der Waals surface area (Å²) in [5, 5.41) is 1.81. The first kappa shape index (κ1) is 17.3. The minimum Gasteiger partial charge on any atom is -0.330 e. The van der Waals surface area contributed by atoms with Gasteiger partial charge in [-0.25, -0.2) is 5.01 Å². The van der Waals surface area contributed by atoms with Gasteiger partial charge in [0.1, 0.15) is 0 Å². The van der Waals surface area contributed by atoms with Gasteiger partial charge >= 0.3 is 0 Å². The Labute approximate surface area is 96.2 Å². The molecule has 0 fully saturated rings. The highest BCUT2D eigenvalue weighted by Crippen LogP contribution is 1.95. The molecule has 0 aliphatic carbocycles. The van der Waals surface area contributed by atoms with Crippen molar-refractivity contribution < 1.29 is 0 Å². The standard InChI is InChI=1S/C6H17N3.C6H14/c1-2-5-9(8)6-3-4-7;1-3-5-6-4-2/h2-8H2,1H3;3-6H2,1-2H3. The molecule has 0 saturated carbocycles. The number of hydrogen-bond donors (Lipinski definition) is 2. The molecule has 4 N–H and O–H groups in total. The molecular formula is C12H31N3. The third-order valence-corrected chi connectivity index (χ3v) is 2.12. The van der Waals surface area contributed by atoms with Crippen molar-refractivity contribution in [2.24, 2.45) is 11.6 Å². The molecule has 15 heavy (non-hydrogen) atoms. The van der Waals surface area contributed by atoms with Crippen LogP contribution in [-0.2, 0) is 0 Å². The van der Waals surface area contributed by atoms with E-state index in [2.05, 4.69) is 20.8 Å². The first-order valence-electron chi connectivity index (χ1n) is 6.42. The van der Waals surface area contributed by atoms with Gasteiger partial charge in [0.2, 0.25) is 0 Å². The average molecular weight is 217 g/mol. The Bertz CT molecular complexity index is 92.9. The summed E-state index contributed by atoms with van der Waals surface area (Å²) in [6.45, 7) is 9.20. The van der Waals surface area contributed by atoms with E-state index in [9.17, 15) is 0 Å². The molecule has 0 unspecified atom stereocenters. The highest BCUT2D eigenvalue weighted by Gasteiger charge is 1.93. The molecule has 0 aliphatic heterocycles. The monoisotopic (exact) mass is 217 g/mol. The SMILES string of the molecule is CCCCCC.CCCN(N)CCCN. The van der Waals surface area contributed by atoms with Crippen LogP contribution in [0.25, 0.3) is 0 Å². The van der Waals surface area contributed by atoms with Gasteiger partial charge in [0.15, 0.2) is 0 Å². The van der Waals surface area contributed by atoms with E-state index >= 15 is 0 Å². The molecule has 3 nitrogen and oxygen atoms in total. The summed E-state index contributed by atoms with van der Waals surface area (Å²) in [5.41, 5.74) is 5.29. The minimum atomic E-state index is 0.734. The van der Waals surface area contributed by atoms with Crippen molar-refractivity contribution in [2.45, 2.75) is 59.3 Å². The van der Waals surface area contributed by atoms with E-state index in [1.165, 1.54) is 25.7 Å². The third kappa shape index (κ3) is 20.1. The maximum Gasteiger partial charge on any atom is 0.0140 e. The smallest absolute Gasteiger partial charge is 0.0140 e. The van der Waals surface area contributed by atoms with Crippen molar-refractivity contribution in [1.29, 1.82) is 0 Å². The lowest BCUT2D eigenvalue weighted by atomic mass is 10.2. The molecule has 0 amide bonds. The summed E-state index contributed by atoms with van der Waals surface area (Å²) in [6.07, 6.45) is 7.65. The highest BCUT2D eigenvalue weighted by atomic mass is 15.4. The van der Waals surface area contributed by atoms with Crippen LogP contribution in [0.1, 0.15) is 59.3 Å². The first-order chi connectivity index (χ1) is 7.22. The molecule has 0 aliphatic rings. The van der Waals surface area contributed by atoms with Crippen LogP contribution < -0.4 is 11.6 Å². The number of unbranched alkanes of at least 4 members (excludes halogenated alkanes) is 3. The van der Waals surface area contributed by atoms with Gasteiger partial charge < -0.3 is 5.73 Å². The summed E-state index contributed by atoms with van der Waals surface area (Å²) in [6, 6.07) is 0. The summed E-state index contributed by atoms with van der Waals surface area (Å²) in [7, 11) is 0. The second-order valence-corrected chi connectivity index (χ2v) is 3.89. The van der Waals surface area contributed by atoms with Crippen LogP contribution in [0.3, 0.4) is 0 Å². The third-order valence-electron chi connectivity index (χ3n) is 2.12. The van der Waals surface area contributed by atoms with Crippen LogP contribution in [0.5, 0.6) is 0 Å². The Balaban J connectivity index is 0. The van der Waals surface area contributed by atoms with E-state index in [0.29, 0.717) is 0 Å². The van der Waals surface area contributed by atoms with Gasteiger partial charge in [-0.05, 0) is 19.4 Å². The number of rotatable bonds is 8. The van der Waals surface area contributed by atoms with E-state index in [1.54, 1.807) is 0 Å². The number of nitrogens with zero attached hydrogens (tertiary/aromatic N) is 1. The number of hydrogen-bond acceptors (Lipinski definition) is 3. The van der Waals surface area contributed by atoms with Crippen LogP contribution in [-0.4, -0.2) is 24.6 Å². The Morgan fingerprint density at radius 2 is 1.33 bits per heavy atom. The van der Waals surface area contributed by atoms with Crippen molar-refractivity contribution in [3.63, 3.8) is 0 Å². The number of nitrogens with two attached hydrogens (primary N) is 2. The summed E-state index contributed by atoms with van der Waals surface area (Å²) >= 11 is 0. The lowest BCUT2D eigenvalue weighted by molar-refractivity contribution is 0.282. The van der Waals surface area contributed by atoms with E-state index in [4.69, 9.17) is 11.6 Å². The van der Waals surface area contributed by atoms with Crippen LogP contribution >= 0.6 is 0 Å². The Morgan fingerprint density at radius 1 is 0.800 bits per heavy atom. The largest absolute Gasteiger partial charge is 0.330 e. The van der Waals surface area contributed by atoms with Crippen LogP contribution in [0.2, 0.25) is 0 Å². The molecule has 0 spiro atoms. The van der Waals surface area contributed by atoms with Crippen molar-refractivity contribution in [2.75, 3.05) is 19.6 Å². The fourth-order valence-corrected chi connectivity index (χ4v) is 1.19. The van der Waals surface area contributed by atoms with Gasteiger partial charge in [0, 0.05) is 13.1 Å². The van der Waals surface area contributed by atoms with Gasteiger partial charge in [-0.15, -0.1) is 0 Å². The Kier molecular flexibility index (Phi) is 18.8. The fourth-order valence-electron chi connectivity index (χ4n) is 1.19. The quantitative estimate of drug-likeness (QED) is 0.373. The first-order valence-corrected chi connectivity index (χ1v) is 6.42. The molecule has 0 aromatic carbocycles. The number of hydrazine groups is 1. The Hall–Kier alpha value is -0.120. The lowest BCUT2D eigenvalue weighted by Crippen LogP contribution is -2.33. The molecule has 3 heteroatoms. The molecule has 0 heterocycles. The zero-order valence-electron chi connectivity index (χ0n) is 11.0. The molecule has 0 aromatic rings. The molecular weight excluding hydrogens is 186 g/mol. The van der Waals surface area contributed by atoms with Crippen LogP contribution in [0, 0.1) is 0 Å². The predicted octanol–water partition coefficient (Wildman–Crippen LogP) is 2.51. The van der Waals surface area contributed by atoms with Crippen molar-refractivity contribution in [1.82, 2.24) is 5.01 Å². The second kappa shape index (κ2) is 16.3. The van der Waals surface area contributed by atoms with Gasteiger partial charge in [0.25, 0.3) is 0 Å². The topological polar surface area (TPSA) is 55.3 Å². The van der Waals surface area contributed by atoms with Gasteiger partial charge in [-0.1, -0.05) is 46.5 Å². The van der Waals surface area contributed by atoms with E-state index < -0.39 is 0 Å². The van der Waals surface area contributed by atoms with Crippen molar-refractivity contribution >= 4 is 0 Å². The molecule has 0 saturated heterocycles. The van der Waals surface area contributed by atoms with Crippen molar-refractivity contribution in [3.8, 4) is 0 Å². The zero-order chi connectivity index (χ0) is 11.9. The maximum atomic E-state index is 5.55.